The molecule has 6 heteroatoms. The zero-order valence-corrected chi connectivity index (χ0v) is 25.2. The second kappa shape index (κ2) is 13.0. The summed E-state index contributed by atoms with van der Waals surface area (Å²) in [6, 6.07) is 30.2. The highest BCUT2D eigenvalue weighted by Crippen LogP contribution is 2.36. The lowest BCUT2D eigenvalue weighted by Crippen LogP contribution is -2.57. The Labute approximate surface area is 245 Å². The number of nitrogens with zero attached hydrogens (tertiary/aromatic N) is 2. The molecule has 1 amide bonds. The third-order valence-electron chi connectivity index (χ3n) is 7.75. The average molecular weight is 557 g/mol. The van der Waals surface area contributed by atoms with E-state index in [4.69, 9.17) is 9.47 Å². The predicted molar refractivity (Wildman–Crippen MR) is 162 cm³/mol. The van der Waals surface area contributed by atoms with Gasteiger partial charge >= 0.3 is 6.09 Å². The Kier molecular flexibility index (Phi) is 9.67. The van der Waals surface area contributed by atoms with Crippen LogP contribution in [-0.4, -0.2) is 51.7 Å². The summed E-state index contributed by atoms with van der Waals surface area (Å²) in [6.07, 6.45) is -0.975. The van der Waals surface area contributed by atoms with Crippen LogP contribution in [0.1, 0.15) is 58.2 Å². The second-order valence-corrected chi connectivity index (χ2v) is 12.4. The molecular formula is C35H44N2O4. The van der Waals surface area contributed by atoms with Crippen LogP contribution in [0.25, 0.3) is 0 Å². The minimum Gasteiger partial charge on any atom is -0.436 e. The number of Topliss-reactive ketones (excluding diaryl/α,β-unsaturated/α-hetero) is 1. The molecule has 0 aliphatic carbocycles. The van der Waals surface area contributed by atoms with Gasteiger partial charge in [-0.05, 0) is 50.8 Å². The Morgan fingerprint density at radius 3 is 1.68 bits per heavy atom. The zero-order valence-electron chi connectivity index (χ0n) is 25.2. The minimum atomic E-state index is -0.984. The van der Waals surface area contributed by atoms with E-state index < -0.39 is 29.5 Å². The minimum absolute atomic E-state index is 0.0962. The molecule has 0 bridgehead atoms. The molecule has 0 N–H and O–H groups in total. The smallest absolute Gasteiger partial charge is 0.413 e. The highest BCUT2D eigenvalue weighted by Gasteiger charge is 2.51. The molecule has 0 spiro atoms. The normalized spacial score (nSPS) is 17.4. The number of amides is 1. The molecule has 3 aromatic rings. The maximum Gasteiger partial charge on any atom is 0.413 e. The van der Waals surface area contributed by atoms with Gasteiger partial charge in [-0.15, -0.1) is 0 Å². The Morgan fingerprint density at radius 1 is 0.805 bits per heavy atom. The molecule has 0 aromatic heterocycles. The van der Waals surface area contributed by atoms with E-state index >= 15 is 0 Å². The van der Waals surface area contributed by atoms with E-state index in [0.29, 0.717) is 26.1 Å². The number of ketones is 1. The molecule has 1 aliphatic rings. The molecule has 0 unspecified atom stereocenters. The molecule has 218 valence electrons. The van der Waals surface area contributed by atoms with Crippen molar-refractivity contribution in [1.82, 2.24) is 9.80 Å². The molecule has 1 heterocycles. The van der Waals surface area contributed by atoms with Crippen LogP contribution in [0.15, 0.2) is 91.0 Å². The summed E-state index contributed by atoms with van der Waals surface area (Å²) in [5, 5.41) is 0. The van der Waals surface area contributed by atoms with E-state index in [1.807, 2.05) is 96.1 Å². The number of rotatable bonds is 11. The van der Waals surface area contributed by atoms with Crippen LogP contribution in [0, 0.1) is 5.92 Å². The summed E-state index contributed by atoms with van der Waals surface area (Å²) in [4.78, 5) is 31.9. The Morgan fingerprint density at radius 2 is 1.27 bits per heavy atom. The molecular weight excluding hydrogens is 512 g/mol. The van der Waals surface area contributed by atoms with Crippen molar-refractivity contribution in [1.29, 1.82) is 0 Å². The fourth-order valence-corrected chi connectivity index (χ4v) is 5.70. The van der Waals surface area contributed by atoms with Gasteiger partial charge in [-0.2, -0.15) is 0 Å². The van der Waals surface area contributed by atoms with E-state index in [1.165, 1.54) is 0 Å². The largest absolute Gasteiger partial charge is 0.436 e. The van der Waals surface area contributed by atoms with Gasteiger partial charge in [0.1, 0.15) is 5.72 Å². The summed E-state index contributed by atoms with van der Waals surface area (Å²) in [5.41, 5.74) is 1.90. The molecule has 1 saturated heterocycles. The topological polar surface area (TPSA) is 59.1 Å². The molecule has 41 heavy (non-hydrogen) atoms. The van der Waals surface area contributed by atoms with Crippen molar-refractivity contribution in [2.45, 2.75) is 84.5 Å². The molecule has 1 aliphatic heterocycles. The van der Waals surface area contributed by atoms with Crippen molar-refractivity contribution >= 4 is 11.9 Å². The van der Waals surface area contributed by atoms with Crippen LogP contribution in [0.3, 0.4) is 0 Å². The lowest BCUT2D eigenvalue weighted by Gasteiger charge is -2.41. The zero-order chi connectivity index (χ0) is 29.6. The van der Waals surface area contributed by atoms with Gasteiger partial charge in [-0.3, -0.25) is 14.6 Å². The van der Waals surface area contributed by atoms with Crippen molar-refractivity contribution in [2.75, 3.05) is 6.61 Å². The van der Waals surface area contributed by atoms with Gasteiger partial charge in [0, 0.05) is 19.0 Å². The van der Waals surface area contributed by atoms with Crippen LogP contribution in [0.5, 0.6) is 0 Å². The van der Waals surface area contributed by atoms with E-state index in [-0.39, 0.29) is 11.7 Å². The summed E-state index contributed by atoms with van der Waals surface area (Å²) in [6.45, 7) is 13.0. The fraction of sp³-hybridized carbons (Fsp3) is 0.429. The van der Waals surface area contributed by atoms with Gasteiger partial charge in [-0.25, -0.2) is 4.79 Å². The SMILES string of the molecule is CC(C)C(=O)[C@H](OC(=O)N1C(C)(C)COC1(C)C)[C@H](Cc1ccccc1)N(Cc1ccccc1)Cc1ccccc1. The van der Waals surface area contributed by atoms with Gasteiger partial charge in [0.05, 0.1) is 18.2 Å². The van der Waals surface area contributed by atoms with Crippen LogP contribution < -0.4 is 0 Å². The van der Waals surface area contributed by atoms with Crippen LogP contribution in [0.2, 0.25) is 0 Å². The molecule has 0 radical (unpaired) electrons. The molecule has 1 fully saturated rings. The fourth-order valence-electron chi connectivity index (χ4n) is 5.70. The first kappa shape index (κ1) is 30.5. The first-order chi connectivity index (χ1) is 19.5. The summed E-state index contributed by atoms with van der Waals surface area (Å²) in [5.74, 6) is -0.418. The number of carbonyl (C=O) groups is 2. The first-order valence-electron chi connectivity index (χ1n) is 14.5. The number of ether oxygens (including phenoxy) is 2. The summed E-state index contributed by atoms with van der Waals surface area (Å²) in [7, 11) is 0. The van der Waals surface area contributed by atoms with Gasteiger partial charge in [-0.1, -0.05) is 105 Å². The van der Waals surface area contributed by atoms with E-state index in [2.05, 4.69) is 41.3 Å². The highest BCUT2D eigenvalue weighted by atomic mass is 16.6. The number of hydrogen-bond acceptors (Lipinski definition) is 5. The van der Waals surface area contributed by atoms with Crippen LogP contribution in [0.4, 0.5) is 4.79 Å². The van der Waals surface area contributed by atoms with Crippen molar-refractivity contribution < 1.29 is 19.1 Å². The standard InChI is InChI=1S/C35H44N2O4/c1-26(2)31(38)32(41-33(39)37-34(3,4)25-40-35(37,5)6)30(22-27-16-10-7-11-17-27)36(23-28-18-12-8-13-19-28)24-29-20-14-9-15-21-29/h7-21,26,30,32H,22-25H2,1-6H3/t30-,32+/m0/s1. The molecule has 4 rings (SSSR count). The quantitative estimate of drug-likeness (QED) is 0.258. The van der Waals surface area contributed by atoms with Gasteiger partial charge in [0.2, 0.25) is 0 Å². The second-order valence-electron chi connectivity index (χ2n) is 12.4. The Hall–Kier alpha value is -3.48. The molecule has 3 aromatic carbocycles. The number of benzene rings is 3. The third kappa shape index (κ3) is 7.63. The monoisotopic (exact) mass is 556 g/mol. The number of carbonyl (C=O) groups excluding carboxylic acids is 2. The average Bonchev–Trinajstić information content (AvgIpc) is 3.18. The maximum absolute atomic E-state index is 14.0. The molecule has 2 atom stereocenters. The highest BCUT2D eigenvalue weighted by molar-refractivity contribution is 5.88. The van der Waals surface area contributed by atoms with Crippen molar-refractivity contribution in [2.24, 2.45) is 5.92 Å². The number of hydrogen-bond donors (Lipinski definition) is 0. The Balaban J connectivity index is 1.78. The summed E-state index contributed by atoms with van der Waals surface area (Å²) >= 11 is 0. The Bertz CT molecular complexity index is 1220. The predicted octanol–water partition coefficient (Wildman–Crippen LogP) is 6.88. The van der Waals surface area contributed by atoms with Crippen molar-refractivity contribution in [3.05, 3.63) is 108 Å². The van der Waals surface area contributed by atoms with E-state index in [0.717, 1.165) is 16.7 Å². The van der Waals surface area contributed by atoms with Crippen LogP contribution >= 0.6 is 0 Å². The third-order valence-corrected chi connectivity index (χ3v) is 7.75. The molecule has 0 saturated carbocycles. The van der Waals surface area contributed by atoms with Gasteiger partial charge in [0.25, 0.3) is 0 Å². The van der Waals surface area contributed by atoms with E-state index in [9.17, 15) is 9.59 Å². The van der Waals surface area contributed by atoms with Crippen LogP contribution in [-0.2, 0) is 33.8 Å². The van der Waals surface area contributed by atoms with Gasteiger partial charge in [0.15, 0.2) is 11.9 Å². The molecule has 6 nitrogen and oxygen atoms in total. The lowest BCUT2D eigenvalue weighted by atomic mass is 9.91. The first-order valence-corrected chi connectivity index (χ1v) is 14.5. The maximum atomic E-state index is 14.0. The van der Waals surface area contributed by atoms with Gasteiger partial charge < -0.3 is 9.47 Å². The van der Waals surface area contributed by atoms with Crippen molar-refractivity contribution in [3.63, 3.8) is 0 Å². The van der Waals surface area contributed by atoms with Crippen molar-refractivity contribution in [3.8, 4) is 0 Å². The lowest BCUT2D eigenvalue weighted by molar-refractivity contribution is -0.137. The summed E-state index contributed by atoms with van der Waals surface area (Å²) < 4.78 is 12.3. The van der Waals surface area contributed by atoms with E-state index in [1.54, 1.807) is 4.90 Å².